The molecule has 0 aliphatic carbocycles. The molecular formula is C28H43BN4O6. The zero-order chi connectivity index (χ0) is 29.2. The largest absolute Gasteiger partial charge is 0.475 e. The molecule has 0 aromatic heterocycles. The fourth-order valence-corrected chi connectivity index (χ4v) is 4.97. The van der Waals surface area contributed by atoms with E-state index < -0.39 is 36.1 Å². The summed E-state index contributed by atoms with van der Waals surface area (Å²) in [5.41, 5.74) is -0.944. The summed E-state index contributed by atoms with van der Waals surface area (Å²) in [5.74, 6) is -1.35. The highest BCUT2D eigenvalue weighted by Gasteiger charge is 2.45. The second-order valence-electron chi connectivity index (χ2n) is 11.0. The molecule has 11 heteroatoms. The Bertz CT molecular complexity index is 1000. The first-order chi connectivity index (χ1) is 18.3. The number of nitriles is 1. The van der Waals surface area contributed by atoms with E-state index in [1.54, 1.807) is 19.9 Å². The topological polar surface area (TPSA) is 135 Å². The van der Waals surface area contributed by atoms with Gasteiger partial charge in [0.05, 0.1) is 31.3 Å². The normalized spacial score (nSPS) is 19.1. The molecule has 214 valence electrons. The number of nitrogens with one attached hydrogen (secondary N) is 1. The summed E-state index contributed by atoms with van der Waals surface area (Å²) in [4.78, 5) is 29.9. The maximum atomic E-state index is 13.8. The van der Waals surface area contributed by atoms with Crippen LogP contribution in [0.4, 0.5) is 4.79 Å². The number of carbonyl (C=O) groups is 2. The first-order valence-electron chi connectivity index (χ1n) is 13.4. The average molecular weight is 542 g/mol. The molecule has 2 unspecified atom stereocenters. The zero-order valence-electron chi connectivity index (χ0n) is 23.8. The van der Waals surface area contributed by atoms with Crippen molar-refractivity contribution in [3.05, 3.63) is 48.6 Å². The number of benzene rings is 1. The van der Waals surface area contributed by atoms with Gasteiger partial charge in [-0.1, -0.05) is 36.4 Å². The number of hydrogen-bond donors (Lipinski definition) is 3. The molecule has 1 fully saturated rings. The van der Waals surface area contributed by atoms with Crippen LogP contribution in [0.5, 0.6) is 0 Å². The molecule has 1 aromatic carbocycles. The number of alkyl carbamates (subject to hydrolysis) is 1. The average Bonchev–Trinajstić information content (AvgIpc) is 2.90. The standard InChI is InChI=1S/C28H43BN4O6/c1-7-21(2)33(14-16-39-26(35)31-24(29(36)37)17-23-11-9-8-10-12-23)25(34)28(6,20-30)19-27(4,5)32-13-15-38-22(3)18-32/h7-12,21-22,24,36-37H,1,13-19H2,2-6H3,(H,31,35)/t21?,22-,24+,28?/m1/s1. The van der Waals surface area contributed by atoms with Crippen molar-refractivity contribution in [2.24, 2.45) is 5.41 Å². The molecule has 0 bridgehead atoms. The predicted octanol–water partition coefficient (Wildman–Crippen LogP) is 2.16. The van der Waals surface area contributed by atoms with Crippen LogP contribution in [-0.4, -0.2) is 95.4 Å². The fourth-order valence-electron chi connectivity index (χ4n) is 4.97. The molecule has 39 heavy (non-hydrogen) atoms. The minimum atomic E-state index is -1.79. The summed E-state index contributed by atoms with van der Waals surface area (Å²) in [6.45, 7) is 15.2. The highest BCUT2D eigenvalue weighted by Crippen LogP contribution is 2.35. The van der Waals surface area contributed by atoms with Gasteiger partial charge in [0.15, 0.2) is 0 Å². The molecule has 1 aromatic rings. The van der Waals surface area contributed by atoms with E-state index in [4.69, 9.17) is 9.47 Å². The van der Waals surface area contributed by atoms with E-state index in [2.05, 4.69) is 22.9 Å². The summed E-state index contributed by atoms with van der Waals surface area (Å²) >= 11 is 0. The van der Waals surface area contributed by atoms with Gasteiger partial charge in [-0.3, -0.25) is 9.69 Å². The second-order valence-corrected chi connectivity index (χ2v) is 11.0. The zero-order valence-corrected chi connectivity index (χ0v) is 23.8. The SMILES string of the molecule is C=CC(C)N(CCOC(=O)N[C@@H](Cc1ccccc1)B(O)O)C(=O)C(C)(C#N)CC(C)(C)N1CCO[C@H](C)C1. The lowest BCUT2D eigenvalue weighted by atomic mass is 9.76. The Balaban J connectivity index is 2.04. The monoisotopic (exact) mass is 542 g/mol. The number of nitrogens with zero attached hydrogens (tertiary/aromatic N) is 3. The lowest BCUT2D eigenvalue weighted by Crippen LogP contribution is -2.56. The Morgan fingerprint density at radius 2 is 2.03 bits per heavy atom. The van der Waals surface area contributed by atoms with Crippen LogP contribution >= 0.6 is 0 Å². The molecule has 2 rings (SSSR count). The summed E-state index contributed by atoms with van der Waals surface area (Å²) in [6.07, 6.45) is 1.33. The summed E-state index contributed by atoms with van der Waals surface area (Å²) in [6, 6.07) is 10.9. The molecule has 1 aliphatic rings. The van der Waals surface area contributed by atoms with Crippen LogP contribution in [0, 0.1) is 16.7 Å². The maximum Gasteiger partial charge on any atom is 0.475 e. The number of rotatable bonds is 13. The molecule has 1 aliphatic heterocycles. The molecular weight excluding hydrogens is 499 g/mol. The minimum Gasteiger partial charge on any atom is -0.448 e. The van der Waals surface area contributed by atoms with Gasteiger partial charge >= 0.3 is 13.2 Å². The molecule has 4 atom stereocenters. The molecule has 0 radical (unpaired) electrons. The number of hydrogen-bond acceptors (Lipinski definition) is 8. The second kappa shape index (κ2) is 14.5. The third kappa shape index (κ3) is 9.36. The van der Waals surface area contributed by atoms with E-state index in [1.807, 2.05) is 51.1 Å². The Labute approximate surface area is 232 Å². The van der Waals surface area contributed by atoms with Gasteiger partial charge in [-0.2, -0.15) is 5.26 Å². The highest BCUT2D eigenvalue weighted by atomic mass is 16.5. The third-order valence-corrected chi connectivity index (χ3v) is 7.22. The van der Waals surface area contributed by atoms with Crippen molar-refractivity contribution in [2.75, 3.05) is 32.8 Å². The van der Waals surface area contributed by atoms with Gasteiger partial charge in [0.25, 0.3) is 0 Å². The van der Waals surface area contributed by atoms with Gasteiger partial charge < -0.3 is 29.7 Å². The van der Waals surface area contributed by atoms with E-state index in [0.29, 0.717) is 19.6 Å². The quantitative estimate of drug-likeness (QED) is 0.255. The summed E-state index contributed by atoms with van der Waals surface area (Å²) in [5, 5.41) is 32.0. The van der Waals surface area contributed by atoms with Crippen LogP contribution in [0.25, 0.3) is 0 Å². The summed E-state index contributed by atoms with van der Waals surface area (Å²) < 4.78 is 10.9. The van der Waals surface area contributed by atoms with E-state index in [1.165, 1.54) is 4.90 Å². The van der Waals surface area contributed by atoms with Crippen LogP contribution in [0.2, 0.25) is 0 Å². The lowest BCUT2D eigenvalue weighted by molar-refractivity contribution is -0.142. The van der Waals surface area contributed by atoms with Crippen LogP contribution in [0.1, 0.15) is 46.6 Å². The van der Waals surface area contributed by atoms with E-state index in [9.17, 15) is 24.9 Å². The first-order valence-corrected chi connectivity index (χ1v) is 13.4. The predicted molar refractivity (Wildman–Crippen MR) is 149 cm³/mol. The first kappa shape index (κ1) is 32.3. The Hall–Kier alpha value is -2.91. The van der Waals surface area contributed by atoms with Crippen molar-refractivity contribution in [1.29, 1.82) is 5.26 Å². The smallest absolute Gasteiger partial charge is 0.448 e. The molecule has 0 spiro atoms. The van der Waals surface area contributed by atoms with E-state index >= 15 is 0 Å². The molecule has 10 nitrogen and oxygen atoms in total. The minimum absolute atomic E-state index is 0.0384. The molecule has 1 saturated heterocycles. The van der Waals surface area contributed by atoms with Crippen LogP contribution in [0.3, 0.4) is 0 Å². The molecule has 0 saturated carbocycles. The Morgan fingerprint density at radius 1 is 1.36 bits per heavy atom. The van der Waals surface area contributed by atoms with Crippen molar-refractivity contribution in [3.8, 4) is 6.07 Å². The molecule has 1 heterocycles. The Kier molecular flexibility index (Phi) is 12.0. The highest BCUT2D eigenvalue weighted by molar-refractivity contribution is 6.43. The van der Waals surface area contributed by atoms with Crippen molar-refractivity contribution in [2.45, 2.75) is 71.1 Å². The summed E-state index contributed by atoms with van der Waals surface area (Å²) in [7, 11) is -1.79. The van der Waals surface area contributed by atoms with Crippen molar-refractivity contribution < 1.29 is 29.1 Å². The van der Waals surface area contributed by atoms with Crippen molar-refractivity contribution >= 4 is 19.1 Å². The number of carbonyl (C=O) groups excluding carboxylic acids is 2. The van der Waals surface area contributed by atoms with Gasteiger partial charge in [-0.15, -0.1) is 6.58 Å². The fraction of sp³-hybridized carbons (Fsp3) is 0.607. The third-order valence-electron chi connectivity index (χ3n) is 7.22. The van der Waals surface area contributed by atoms with Crippen molar-refractivity contribution in [1.82, 2.24) is 15.1 Å². The van der Waals surface area contributed by atoms with Crippen LogP contribution < -0.4 is 5.32 Å². The van der Waals surface area contributed by atoms with Crippen molar-refractivity contribution in [3.63, 3.8) is 0 Å². The lowest BCUT2D eigenvalue weighted by Gasteiger charge is -2.46. The van der Waals surface area contributed by atoms with Gasteiger partial charge in [-0.05, 0) is 53.0 Å². The van der Waals surface area contributed by atoms with Crippen LogP contribution in [0.15, 0.2) is 43.0 Å². The number of amides is 2. The van der Waals surface area contributed by atoms with Gasteiger partial charge in [0.2, 0.25) is 5.91 Å². The number of morpholine rings is 1. The molecule has 2 amide bonds. The molecule has 3 N–H and O–H groups in total. The van der Waals surface area contributed by atoms with E-state index in [-0.39, 0.29) is 31.6 Å². The number of ether oxygens (including phenoxy) is 2. The van der Waals surface area contributed by atoms with Gasteiger partial charge in [-0.25, -0.2) is 4.79 Å². The van der Waals surface area contributed by atoms with Crippen LogP contribution in [-0.2, 0) is 20.7 Å². The maximum absolute atomic E-state index is 13.8. The Morgan fingerprint density at radius 3 is 2.59 bits per heavy atom. The van der Waals surface area contributed by atoms with Gasteiger partial charge in [0, 0.05) is 24.7 Å². The van der Waals surface area contributed by atoms with E-state index in [0.717, 1.165) is 12.1 Å². The van der Waals surface area contributed by atoms with Gasteiger partial charge in [0.1, 0.15) is 12.0 Å².